The highest BCUT2D eigenvalue weighted by molar-refractivity contribution is 5.86. The van der Waals surface area contributed by atoms with Gasteiger partial charge in [-0.15, -0.1) is 0 Å². The Balaban J connectivity index is 2.10. The van der Waals surface area contributed by atoms with Gasteiger partial charge in [-0.25, -0.2) is 9.78 Å². The number of carbonyl (C=O) groups is 2. The molecule has 120 valence electrons. The lowest BCUT2D eigenvalue weighted by Crippen LogP contribution is -2.45. The van der Waals surface area contributed by atoms with Crippen molar-refractivity contribution < 1.29 is 19.1 Å². The van der Waals surface area contributed by atoms with Crippen LogP contribution in [0.15, 0.2) is 18.3 Å². The van der Waals surface area contributed by atoms with Gasteiger partial charge in [0.25, 0.3) is 0 Å². The van der Waals surface area contributed by atoms with Gasteiger partial charge in [0.15, 0.2) is 5.78 Å². The van der Waals surface area contributed by atoms with Crippen molar-refractivity contribution in [2.75, 3.05) is 20.2 Å². The van der Waals surface area contributed by atoms with Crippen molar-refractivity contribution in [1.29, 1.82) is 0 Å². The van der Waals surface area contributed by atoms with Crippen LogP contribution in [0, 0.1) is 0 Å². The van der Waals surface area contributed by atoms with Gasteiger partial charge < -0.3 is 14.4 Å². The highest BCUT2D eigenvalue weighted by Gasteiger charge is 2.32. The summed E-state index contributed by atoms with van der Waals surface area (Å²) in [6, 6.07) is 3.63. The maximum Gasteiger partial charge on any atom is 0.410 e. The van der Waals surface area contributed by atoms with E-state index >= 15 is 0 Å². The number of methoxy groups -OCH3 is 1. The van der Waals surface area contributed by atoms with E-state index in [1.54, 1.807) is 19.4 Å². The molecule has 1 aromatic rings. The number of hydrogen-bond donors (Lipinski definition) is 0. The highest BCUT2D eigenvalue weighted by Crippen LogP contribution is 2.26. The first-order valence-electron chi connectivity index (χ1n) is 7.28. The summed E-state index contributed by atoms with van der Waals surface area (Å²) in [6.07, 6.45) is 1.65. The number of amides is 1. The Bertz CT molecular complexity index is 548. The summed E-state index contributed by atoms with van der Waals surface area (Å²) in [5, 5.41) is 0. The number of carbonyl (C=O) groups excluding carboxylic acids is 2. The van der Waals surface area contributed by atoms with Crippen LogP contribution in [0.3, 0.4) is 0 Å². The molecular weight excluding hydrogens is 284 g/mol. The van der Waals surface area contributed by atoms with Crippen molar-refractivity contribution in [2.45, 2.75) is 38.7 Å². The predicted molar refractivity (Wildman–Crippen MR) is 81.0 cm³/mol. The van der Waals surface area contributed by atoms with E-state index in [-0.39, 0.29) is 18.2 Å². The maximum atomic E-state index is 12.2. The van der Waals surface area contributed by atoms with Gasteiger partial charge in [-0.05, 0) is 26.3 Å². The zero-order valence-corrected chi connectivity index (χ0v) is 13.5. The number of pyridine rings is 1. The first-order chi connectivity index (χ1) is 10.3. The molecule has 1 aromatic heterocycles. The summed E-state index contributed by atoms with van der Waals surface area (Å²) in [4.78, 5) is 29.7. The Morgan fingerprint density at radius 2 is 2.09 bits per heavy atom. The minimum Gasteiger partial charge on any atom is -0.481 e. The van der Waals surface area contributed by atoms with Crippen LogP contribution in [-0.2, 0) is 9.53 Å². The minimum absolute atomic E-state index is 0.0259. The molecule has 1 aliphatic rings. The fourth-order valence-corrected chi connectivity index (χ4v) is 2.39. The number of piperidine rings is 1. The van der Waals surface area contributed by atoms with Crippen molar-refractivity contribution in [3.05, 3.63) is 23.9 Å². The molecule has 2 rings (SSSR count). The van der Waals surface area contributed by atoms with Gasteiger partial charge in [0.1, 0.15) is 5.60 Å². The highest BCUT2D eigenvalue weighted by atomic mass is 16.6. The molecule has 0 bridgehead atoms. The van der Waals surface area contributed by atoms with Crippen molar-refractivity contribution >= 4 is 11.9 Å². The number of likely N-dealkylation sites (tertiary alicyclic amines) is 1. The van der Waals surface area contributed by atoms with Crippen LogP contribution in [0.2, 0.25) is 0 Å². The van der Waals surface area contributed by atoms with E-state index < -0.39 is 11.7 Å². The summed E-state index contributed by atoms with van der Waals surface area (Å²) >= 11 is 0. The molecule has 0 radical (unpaired) electrons. The first kappa shape index (κ1) is 16.3. The van der Waals surface area contributed by atoms with Crippen LogP contribution < -0.4 is 4.74 Å². The van der Waals surface area contributed by atoms with E-state index in [1.165, 1.54) is 4.90 Å². The fourth-order valence-electron chi connectivity index (χ4n) is 2.39. The molecule has 1 aliphatic heterocycles. The van der Waals surface area contributed by atoms with Crippen molar-refractivity contribution in [2.24, 2.45) is 0 Å². The van der Waals surface area contributed by atoms with E-state index in [4.69, 9.17) is 9.47 Å². The zero-order chi connectivity index (χ0) is 16.3. The number of hydrogen-bond acceptors (Lipinski definition) is 5. The summed E-state index contributed by atoms with van der Waals surface area (Å²) < 4.78 is 10.4. The Kier molecular flexibility index (Phi) is 4.68. The molecule has 22 heavy (non-hydrogen) atoms. The van der Waals surface area contributed by atoms with Gasteiger partial charge in [0.2, 0.25) is 5.88 Å². The second kappa shape index (κ2) is 6.34. The van der Waals surface area contributed by atoms with Crippen LogP contribution in [0.25, 0.3) is 0 Å². The molecule has 0 aliphatic carbocycles. The average Bonchev–Trinajstić information content (AvgIpc) is 2.45. The molecule has 1 unspecified atom stereocenters. The average molecular weight is 306 g/mol. The Labute approximate surface area is 130 Å². The van der Waals surface area contributed by atoms with Gasteiger partial charge in [0.05, 0.1) is 13.7 Å². The first-order valence-corrected chi connectivity index (χ1v) is 7.28. The van der Waals surface area contributed by atoms with Gasteiger partial charge in [-0.1, -0.05) is 6.07 Å². The summed E-state index contributed by atoms with van der Waals surface area (Å²) in [5.74, 6) is 0.486. The fraction of sp³-hybridized carbons (Fsp3) is 0.562. The van der Waals surface area contributed by atoms with E-state index in [1.807, 2.05) is 26.8 Å². The molecule has 2 heterocycles. The number of ether oxygens (including phenoxy) is 2. The van der Waals surface area contributed by atoms with Crippen molar-refractivity contribution in [3.63, 3.8) is 0 Å². The molecule has 6 nitrogen and oxygen atoms in total. The number of ketones is 1. The van der Waals surface area contributed by atoms with Crippen molar-refractivity contribution in [1.82, 2.24) is 9.88 Å². The summed E-state index contributed by atoms with van der Waals surface area (Å²) in [6.45, 7) is 5.98. The molecule has 1 amide bonds. The monoisotopic (exact) mass is 306 g/mol. The second-order valence-electron chi connectivity index (χ2n) is 6.43. The number of aromatic nitrogens is 1. The Hall–Kier alpha value is -2.11. The van der Waals surface area contributed by atoms with Crippen LogP contribution in [0.5, 0.6) is 5.88 Å². The third-order valence-electron chi connectivity index (χ3n) is 3.37. The van der Waals surface area contributed by atoms with Crippen LogP contribution >= 0.6 is 0 Å². The van der Waals surface area contributed by atoms with Gasteiger partial charge in [0, 0.05) is 31.1 Å². The standard InChI is InChI=1S/C16H22N2O4/c1-16(2,3)22-15(20)18-9-12(7-13(19)10-18)11-5-6-14(21-4)17-8-11/h5-6,8,12H,7,9-10H2,1-4H3. The lowest BCUT2D eigenvalue weighted by molar-refractivity contribution is -0.122. The molecule has 1 saturated heterocycles. The van der Waals surface area contributed by atoms with Gasteiger partial charge >= 0.3 is 6.09 Å². The third-order valence-corrected chi connectivity index (χ3v) is 3.37. The van der Waals surface area contributed by atoms with Gasteiger partial charge in [-0.3, -0.25) is 4.79 Å². The summed E-state index contributed by atoms with van der Waals surface area (Å²) in [5.41, 5.74) is 0.344. The molecule has 6 heteroatoms. The van der Waals surface area contributed by atoms with Crippen LogP contribution in [0.1, 0.15) is 38.7 Å². The molecule has 0 saturated carbocycles. The van der Waals surface area contributed by atoms with Crippen LogP contribution in [-0.4, -0.2) is 47.6 Å². The van der Waals surface area contributed by atoms with Crippen LogP contribution in [0.4, 0.5) is 4.79 Å². The maximum absolute atomic E-state index is 12.2. The molecule has 1 atom stereocenters. The Morgan fingerprint density at radius 3 is 2.64 bits per heavy atom. The lowest BCUT2D eigenvalue weighted by atomic mass is 9.91. The largest absolute Gasteiger partial charge is 0.481 e. The molecule has 0 N–H and O–H groups in total. The normalized spacial score (nSPS) is 19.0. The summed E-state index contributed by atoms with van der Waals surface area (Å²) in [7, 11) is 1.55. The van der Waals surface area contributed by atoms with E-state index in [0.29, 0.717) is 18.8 Å². The quantitative estimate of drug-likeness (QED) is 0.839. The SMILES string of the molecule is COc1ccc(C2CC(=O)CN(C(=O)OC(C)(C)C)C2)cn1. The molecule has 1 fully saturated rings. The number of nitrogens with zero attached hydrogens (tertiary/aromatic N) is 2. The topological polar surface area (TPSA) is 68.7 Å². The zero-order valence-electron chi connectivity index (χ0n) is 13.5. The predicted octanol–water partition coefficient (Wildman–Crippen LogP) is 2.38. The van der Waals surface area contributed by atoms with Crippen molar-refractivity contribution in [3.8, 4) is 5.88 Å². The second-order valence-corrected chi connectivity index (χ2v) is 6.43. The smallest absolute Gasteiger partial charge is 0.410 e. The molecular formula is C16H22N2O4. The van der Waals surface area contributed by atoms with E-state index in [0.717, 1.165) is 5.56 Å². The number of rotatable bonds is 2. The van der Waals surface area contributed by atoms with Gasteiger partial charge in [-0.2, -0.15) is 0 Å². The number of Topliss-reactive ketones (excluding diaryl/α,β-unsaturated/α-hetero) is 1. The molecule has 0 aromatic carbocycles. The molecule has 0 spiro atoms. The lowest BCUT2D eigenvalue weighted by Gasteiger charge is -2.33. The van der Waals surface area contributed by atoms with E-state index in [9.17, 15) is 9.59 Å². The Morgan fingerprint density at radius 1 is 1.36 bits per heavy atom. The van der Waals surface area contributed by atoms with E-state index in [2.05, 4.69) is 4.98 Å². The minimum atomic E-state index is -0.575. The third kappa shape index (κ3) is 4.19.